The summed E-state index contributed by atoms with van der Waals surface area (Å²) >= 11 is 0. The van der Waals surface area contributed by atoms with E-state index in [4.69, 9.17) is 9.57 Å². The van der Waals surface area contributed by atoms with Crippen molar-refractivity contribution in [3.05, 3.63) is 48.0 Å². The fraction of sp³-hybridized carbons (Fsp3) is 0.381. The molecule has 32 heavy (non-hydrogen) atoms. The zero-order valence-corrected chi connectivity index (χ0v) is 19.1. The van der Waals surface area contributed by atoms with E-state index in [1.165, 1.54) is 16.4 Å². The first kappa shape index (κ1) is 23.5. The lowest BCUT2D eigenvalue weighted by molar-refractivity contribution is -0.126. The van der Waals surface area contributed by atoms with Crippen LogP contribution in [0.5, 0.6) is 5.75 Å². The molecule has 172 valence electrons. The van der Waals surface area contributed by atoms with Gasteiger partial charge in [0.2, 0.25) is 10.0 Å². The number of hydrogen-bond donors (Lipinski definition) is 1. The number of sulfonamides is 1. The highest BCUT2D eigenvalue weighted by Crippen LogP contribution is 2.20. The second kappa shape index (κ2) is 10.4. The van der Waals surface area contributed by atoms with Crippen molar-refractivity contribution in [2.24, 2.45) is 0 Å². The van der Waals surface area contributed by atoms with Crippen LogP contribution in [0.15, 0.2) is 47.4 Å². The number of hydrogen-bond acceptors (Lipinski definition) is 7. The number of methoxy groups -OCH3 is 1. The number of aromatic nitrogens is 3. The molecule has 1 aromatic heterocycles. The zero-order chi connectivity index (χ0) is 23.1. The highest BCUT2D eigenvalue weighted by atomic mass is 32.2. The minimum Gasteiger partial charge on any atom is -0.497 e. The summed E-state index contributed by atoms with van der Waals surface area (Å²) in [5.41, 5.74) is 1.89. The summed E-state index contributed by atoms with van der Waals surface area (Å²) in [5.74, 6) is 0.452. The Hall–Kier alpha value is -3.18. The Morgan fingerprint density at radius 1 is 1.12 bits per heavy atom. The SMILES string of the molecule is CCN(CC)S(=O)(=O)c1ccc2nnn(OCC(=O)NCCc3ccc(OC)cc3)c2c1. The van der Waals surface area contributed by atoms with Crippen molar-refractivity contribution in [1.29, 1.82) is 0 Å². The maximum atomic E-state index is 12.8. The van der Waals surface area contributed by atoms with E-state index in [1.54, 1.807) is 27.0 Å². The Morgan fingerprint density at radius 3 is 2.50 bits per heavy atom. The van der Waals surface area contributed by atoms with E-state index in [-0.39, 0.29) is 17.4 Å². The molecule has 0 saturated carbocycles. The molecule has 2 aromatic carbocycles. The Bertz CT molecular complexity index is 1160. The van der Waals surface area contributed by atoms with Gasteiger partial charge in [0.15, 0.2) is 6.61 Å². The van der Waals surface area contributed by atoms with Gasteiger partial charge in [0.05, 0.1) is 12.0 Å². The van der Waals surface area contributed by atoms with Crippen molar-refractivity contribution >= 4 is 27.0 Å². The van der Waals surface area contributed by atoms with Gasteiger partial charge in [0.1, 0.15) is 16.8 Å². The second-order valence-corrected chi connectivity index (χ2v) is 8.86. The Morgan fingerprint density at radius 2 is 1.84 bits per heavy atom. The molecule has 11 heteroatoms. The molecule has 1 heterocycles. The van der Waals surface area contributed by atoms with Crippen LogP contribution in [0.4, 0.5) is 0 Å². The molecule has 3 rings (SSSR count). The summed E-state index contributed by atoms with van der Waals surface area (Å²) in [7, 11) is -2.03. The smallest absolute Gasteiger partial charge is 0.260 e. The third kappa shape index (κ3) is 5.35. The first-order chi connectivity index (χ1) is 15.4. The number of ether oxygens (including phenoxy) is 1. The fourth-order valence-electron chi connectivity index (χ4n) is 3.16. The van der Waals surface area contributed by atoms with Crippen molar-refractivity contribution in [3.63, 3.8) is 0 Å². The molecule has 0 fully saturated rings. The monoisotopic (exact) mass is 461 g/mol. The van der Waals surface area contributed by atoms with Crippen LogP contribution in [0.2, 0.25) is 0 Å². The molecule has 10 nitrogen and oxygen atoms in total. The molecule has 0 spiro atoms. The molecule has 0 saturated heterocycles. The van der Waals surface area contributed by atoms with Gasteiger partial charge >= 0.3 is 0 Å². The van der Waals surface area contributed by atoms with Crippen molar-refractivity contribution in [1.82, 2.24) is 24.8 Å². The Labute approximate surface area is 187 Å². The van der Waals surface area contributed by atoms with Crippen LogP contribution in [0.25, 0.3) is 11.0 Å². The molecule has 0 unspecified atom stereocenters. The molecular formula is C21H27N5O5S. The number of fused-ring (bicyclic) bond motifs is 1. The van der Waals surface area contributed by atoms with Crippen LogP contribution in [0.3, 0.4) is 0 Å². The van der Waals surface area contributed by atoms with Crippen LogP contribution in [-0.4, -0.2) is 67.1 Å². The lowest BCUT2D eigenvalue weighted by Crippen LogP contribution is -2.33. The Kier molecular flexibility index (Phi) is 7.65. The lowest BCUT2D eigenvalue weighted by Gasteiger charge is -2.18. The standard InChI is InChI=1S/C21H27N5O5S/c1-4-25(5-2)32(28,29)18-10-11-19-20(14-18)26(24-23-19)31-15-21(27)22-13-12-16-6-8-17(30-3)9-7-16/h6-11,14H,4-5,12-13,15H2,1-3H3,(H,22,27). The summed E-state index contributed by atoms with van der Waals surface area (Å²) < 4.78 is 32.0. The number of nitrogens with one attached hydrogen (secondary N) is 1. The third-order valence-electron chi connectivity index (χ3n) is 4.94. The molecule has 0 atom stereocenters. The van der Waals surface area contributed by atoms with Gasteiger partial charge in [0, 0.05) is 19.6 Å². The molecule has 0 aliphatic carbocycles. The van der Waals surface area contributed by atoms with E-state index < -0.39 is 10.0 Å². The molecular weight excluding hydrogens is 434 g/mol. The van der Waals surface area contributed by atoms with Gasteiger partial charge in [0.25, 0.3) is 5.91 Å². The van der Waals surface area contributed by atoms with Crippen LogP contribution >= 0.6 is 0 Å². The van der Waals surface area contributed by atoms with Crippen LogP contribution in [0, 0.1) is 0 Å². The van der Waals surface area contributed by atoms with Crippen LogP contribution < -0.4 is 14.9 Å². The van der Waals surface area contributed by atoms with Gasteiger partial charge in [-0.15, -0.1) is 5.10 Å². The lowest BCUT2D eigenvalue weighted by atomic mass is 10.1. The summed E-state index contributed by atoms with van der Waals surface area (Å²) in [6.45, 7) is 4.44. The van der Waals surface area contributed by atoms with Crippen LogP contribution in [0.1, 0.15) is 19.4 Å². The van der Waals surface area contributed by atoms with Crippen molar-refractivity contribution in [2.75, 3.05) is 33.4 Å². The van der Waals surface area contributed by atoms with E-state index in [9.17, 15) is 13.2 Å². The summed E-state index contributed by atoms with van der Waals surface area (Å²) in [5, 5.41) is 10.6. The maximum absolute atomic E-state index is 12.8. The fourth-order valence-corrected chi connectivity index (χ4v) is 4.63. The van der Waals surface area contributed by atoms with Crippen molar-refractivity contribution in [3.8, 4) is 5.75 Å². The molecule has 3 aromatic rings. The predicted molar refractivity (Wildman–Crippen MR) is 119 cm³/mol. The third-order valence-corrected chi connectivity index (χ3v) is 6.99. The van der Waals surface area contributed by atoms with Gasteiger partial charge in [-0.1, -0.05) is 30.8 Å². The highest BCUT2D eigenvalue weighted by Gasteiger charge is 2.23. The molecule has 1 amide bonds. The first-order valence-corrected chi connectivity index (χ1v) is 11.7. The summed E-state index contributed by atoms with van der Waals surface area (Å²) in [4.78, 5) is 18.8. The van der Waals surface area contributed by atoms with E-state index >= 15 is 0 Å². The number of carbonyl (C=O) groups is 1. The van der Waals surface area contributed by atoms with E-state index in [1.807, 2.05) is 24.3 Å². The topological polar surface area (TPSA) is 116 Å². The largest absolute Gasteiger partial charge is 0.497 e. The van der Waals surface area contributed by atoms with Gasteiger partial charge in [-0.2, -0.15) is 4.31 Å². The van der Waals surface area contributed by atoms with Crippen LogP contribution in [-0.2, 0) is 21.2 Å². The van der Waals surface area contributed by atoms with E-state index in [0.717, 1.165) is 16.2 Å². The van der Waals surface area contributed by atoms with Gasteiger partial charge in [-0.05, 0) is 47.5 Å². The molecule has 0 bridgehead atoms. The van der Waals surface area contributed by atoms with Gasteiger partial charge in [-0.3, -0.25) is 4.79 Å². The van der Waals surface area contributed by atoms with E-state index in [0.29, 0.717) is 37.1 Å². The summed E-state index contributed by atoms with van der Waals surface area (Å²) in [6, 6.07) is 12.1. The van der Waals surface area contributed by atoms with E-state index in [2.05, 4.69) is 15.6 Å². The molecule has 1 N–H and O–H groups in total. The number of rotatable bonds is 11. The predicted octanol–water partition coefficient (Wildman–Crippen LogP) is 1.26. The van der Waals surface area contributed by atoms with Crippen molar-refractivity contribution < 1.29 is 22.8 Å². The number of benzene rings is 2. The minimum absolute atomic E-state index is 0.116. The van der Waals surface area contributed by atoms with Crippen molar-refractivity contribution in [2.45, 2.75) is 25.2 Å². The highest BCUT2D eigenvalue weighted by molar-refractivity contribution is 7.89. The zero-order valence-electron chi connectivity index (χ0n) is 18.3. The van der Waals surface area contributed by atoms with Gasteiger partial charge in [-0.25, -0.2) is 8.42 Å². The minimum atomic E-state index is -3.64. The maximum Gasteiger partial charge on any atom is 0.260 e. The average Bonchev–Trinajstić information content (AvgIpc) is 3.21. The first-order valence-electron chi connectivity index (χ1n) is 10.3. The normalized spacial score (nSPS) is 11.6. The number of nitrogens with zero attached hydrogens (tertiary/aromatic N) is 4. The molecule has 0 aliphatic heterocycles. The Balaban J connectivity index is 1.60. The quantitative estimate of drug-likeness (QED) is 0.457. The average molecular weight is 462 g/mol. The molecule has 0 radical (unpaired) electrons. The molecule has 0 aliphatic rings. The van der Waals surface area contributed by atoms with Gasteiger partial charge < -0.3 is 14.9 Å². The second-order valence-electron chi connectivity index (χ2n) is 6.92. The number of amides is 1. The summed E-state index contributed by atoms with van der Waals surface area (Å²) in [6.07, 6.45) is 0.661. The number of carbonyl (C=O) groups excluding carboxylic acids is 1.